The number of aromatic nitrogens is 2. The summed E-state index contributed by atoms with van der Waals surface area (Å²) in [6, 6.07) is 1.97. The summed E-state index contributed by atoms with van der Waals surface area (Å²) in [5.74, 6) is 0. The van der Waals surface area contributed by atoms with E-state index in [0.717, 1.165) is 21.8 Å². The third-order valence-electron chi connectivity index (χ3n) is 2.66. The van der Waals surface area contributed by atoms with E-state index in [-0.39, 0.29) is 0 Å². The maximum atomic E-state index is 12.2. The lowest BCUT2D eigenvalue weighted by molar-refractivity contribution is 0.0543. The molecule has 2 aromatic rings. The van der Waals surface area contributed by atoms with Crippen molar-refractivity contribution >= 4 is 33.1 Å². The fraction of sp³-hybridized carbons (Fsp3) is 0.429. The average molecular weight is 325 g/mol. The van der Waals surface area contributed by atoms with Gasteiger partial charge in [0.25, 0.3) is 0 Å². The van der Waals surface area contributed by atoms with E-state index in [4.69, 9.17) is 4.74 Å². The van der Waals surface area contributed by atoms with Crippen LogP contribution < -0.4 is 0 Å². The van der Waals surface area contributed by atoms with Crippen molar-refractivity contribution in [3.63, 3.8) is 0 Å². The molecule has 4 nitrogen and oxygen atoms in total. The molecule has 19 heavy (non-hydrogen) atoms. The smallest absolute Gasteiger partial charge is 0.420 e. The van der Waals surface area contributed by atoms with Crippen LogP contribution in [0.4, 0.5) is 4.79 Å². The van der Waals surface area contributed by atoms with Crippen molar-refractivity contribution < 1.29 is 9.53 Å². The summed E-state index contributed by atoms with van der Waals surface area (Å²) in [4.78, 5) is 16.5. The Kier molecular flexibility index (Phi) is 3.67. The van der Waals surface area contributed by atoms with Crippen LogP contribution in [0.25, 0.3) is 11.0 Å². The largest absolute Gasteiger partial charge is 0.443 e. The number of nitrogens with zero attached hydrogens (tertiary/aromatic N) is 2. The molecule has 0 aromatic carbocycles. The van der Waals surface area contributed by atoms with E-state index in [0.29, 0.717) is 5.65 Å². The first-order valence-electron chi connectivity index (χ1n) is 6.20. The molecule has 0 atom stereocenters. The summed E-state index contributed by atoms with van der Waals surface area (Å²) < 4.78 is 7.77. The molecule has 2 heterocycles. The zero-order chi connectivity index (χ0) is 14.2. The van der Waals surface area contributed by atoms with Gasteiger partial charge in [-0.3, -0.25) is 0 Å². The fourth-order valence-corrected chi connectivity index (χ4v) is 2.21. The number of pyridine rings is 1. The zero-order valence-corrected chi connectivity index (χ0v) is 13.1. The van der Waals surface area contributed by atoms with Crippen molar-refractivity contribution in [1.82, 2.24) is 9.55 Å². The Hall–Kier alpha value is -1.36. The van der Waals surface area contributed by atoms with Gasteiger partial charge < -0.3 is 4.74 Å². The van der Waals surface area contributed by atoms with Gasteiger partial charge in [-0.25, -0.2) is 14.3 Å². The van der Waals surface area contributed by atoms with Crippen molar-refractivity contribution in [2.24, 2.45) is 0 Å². The summed E-state index contributed by atoms with van der Waals surface area (Å²) in [5, 5.41) is 0.975. The van der Waals surface area contributed by atoms with E-state index in [1.54, 1.807) is 12.4 Å². The first-order chi connectivity index (χ1) is 8.81. The van der Waals surface area contributed by atoms with Crippen LogP contribution >= 0.6 is 15.9 Å². The molecule has 0 saturated heterocycles. The molecule has 2 rings (SSSR count). The van der Waals surface area contributed by atoms with Crippen molar-refractivity contribution in [3.05, 3.63) is 28.5 Å². The lowest BCUT2D eigenvalue weighted by Crippen LogP contribution is -2.26. The van der Waals surface area contributed by atoms with Crippen LogP contribution in [0, 0.1) is 0 Å². The fourth-order valence-electron chi connectivity index (χ4n) is 1.88. The minimum atomic E-state index is -0.518. The highest BCUT2D eigenvalue weighted by molar-refractivity contribution is 9.10. The number of carbonyl (C=O) groups excluding carboxylic acids is 1. The summed E-state index contributed by atoms with van der Waals surface area (Å²) in [5.41, 5.74) is 1.19. The summed E-state index contributed by atoms with van der Waals surface area (Å²) in [6.07, 6.45) is 3.93. The highest BCUT2D eigenvalue weighted by Gasteiger charge is 2.21. The van der Waals surface area contributed by atoms with Gasteiger partial charge in [-0.15, -0.1) is 0 Å². The first kappa shape index (κ1) is 14.1. The van der Waals surface area contributed by atoms with Crippen LogP contribution in [0.15, 0.2) is 22.9 Å². The minimum absolute atomic E-state index is 0.396. The molecule has 0 N–H and O–H groups in total. The van der Waals surface area contributed by atoms with E-state index >= 15 is 0 Å². The number of carbonyl (C=O) groups is 1. The van der Waals surface area contributed by atoms with Crippen molar-refractivity contribution in [2.75, 3.05) is 0 Å². The summed E-state index contributed by atoms with van der Waals surface area (Å²) in [7, 11) is 0. The van der Waals surface area contributed by atoms with Gasteiger partial charge in [0.2, 0.25) is 0 Å². The van der Waals surface area contributed by atoms with Gasteiger partial charge in [-0.05, 0) is 54.8 Å². The van der Waals surface area contributed by atoms with Crippen LogP contribution in [-0.2, 0) is 11.2 Å². The third kappa shape index (κ3) is 2.97. The molecular formula is C14H17BrN2O2. The SMILES string of the molecule is CCc1cn(C(=O)OC(C)(C)C)c2ncc(Br)cc12. The van der Waals surface area contributed by atoms with E-state index in [1.807, 2.05) is 26.8 Å². The second-order valence-corrected chi connectivity index (χ2v) is 6.30. The summed E-state index contributed by atoms with van der Waals surface area (Å²) >= 11 is 3.40. The molecule has 0 aliphatic heterocycles. The zero-order valence-electron chi connectivity index (χ0n) is 11.5. The predicted octanol–water partition coefficient (Wildman–Crippen LogP) is 4.14. The van der Waals surface area contributed by atoms with Crippen molar-refractivity contribution in [2.45, 2.75) is 39.7 Å². The molecule has 0 saturated carbocycles. The Labute approximate surface area is 120 Å². The van der Waals surface area contributed by atoms with Crippen LogP contribution in [0.2, 0.25) is 0 Å². The molecule has 102 valence electrons. The molecule has 0 bridgehead atoms. The second kappa shape index (κ2) is 4.96. The monoisotopic (exact) mass is 324 g/mol. The van der Waals surface area contributed by atoms with Gasteiger partial charge in [0, 0.05) is 22.3 Å². The third-order valence-corrected chi connectivity index (χ3v) is 3.10. The standard InChI is InChI=1S/C14H17BrN2O2/c1-5-9-8-17(13(18)19-14(2,3)4)12-11(9)6-10(15)7-16-12/h6-8H,5H2,1-4H3. The van der Waals surface area contributed by atoms with Crippen LogP contribution in [0.3, 0.4) is 0 Å². The van der Waals surface area contributed by atoms with E-state index < -0.39 is 11.7 Å². The minimum Gasteiger partial charge on any atom is -0.443 e. The Bertz CT molecular complexity index is 626. The van der Waals surface area contributed by atoms with Crippen LogP contribution in [0.1, 0.15) is 33.3 Å². The maximum Gasteiger partial charge on any atom is 0.420 e. The number of hydrogen-bond donors (Lipinski definition) is 0. The molecule has 0 radical (unpaired) electrons. The highest BCUT2D eigenvalue weighted by atomic mass is 79.9. The average Bonchev–Trinajstić information content (AvgIpc) is 2.64. The van der Waals surface area contributed by atoms with Gasteiger partial charge in [-0.2, -0.15) is 0 Å². The second-order valence-electron chi connectivity index (χ2n) is 5.38. The maximum absolute atomic E-state index is 12.2. The van der Waals surface area contributed by atoms with Crippen molar-refractivity contribution in [1.29, 1.82) is 0 Å². The van der Waals surface area contributed by atoms with Crippen LogP contribution in [-0.4, -0.2) is 21.2 Å². The van der Waals surface area contributed by atoms with Gasteiger partial charge in [-0.1, -0.05) is 6.92 Å². The number of aryl methyl sites for hydroxylation is 1. The quantitative estimate of drug-likeness (QED) is 0.791. The Morgan fingerprint density at radius 3 is 2.74 bits per heavy atom. The molecule has 0 aliphatic rings. The molecule has 0 unspecified atom stereocenters. The Morgan fingerprint density at radius 2 is 2.16 bits per heavy atom. The van der Waals surface area contributed by atoms with E-state index in [9.17, 15) is 4.79 Å². The molecule has 0 spiro atoms. The number of fused-ring (bicyclic) bond motifs is 1. The molecule has 0 fully saturated rings. The number of ether oxygens (including phenoxy) is 1. The predicted molar refractivity (Wildman–Crippen MR) is 78.4 cm³/mol. The van der Waals surface area contributed by atoms with Gasteiger partial charge >= 0.3 is 6.09 Å². The topological polar surface area (TPSA) is 44.1 Å². The van der Waals surface area contributed by atoms with Crippen LogP contribution in [0.5, 0.6) is 0 Å². The Balaban J connectivity index is 2.52. The van der Waals surface area contributed by atoms with Gasteiger partial charge in [0.05, 0.1) is 0 Å². The molecule has 0 amide bonds. The van der Waals surface area contributed by atoms with E-state index in [1.165, 1.54) is 4.57 Å². The molecule has 2 aromatic heterocycles. The number of halogens is 1. The van der Waals surface area contributed by atoms with Gasteiger partial charge in [0.1, 0.15) is 11.2 Å². The Morgan fingerprint density at radius 1 is 1.47 bits per heavy atom. The highest BCUT2D eigenvalue weighted by Crippen LogP contribution is 2.24. The lowest BCUT2D eigenvalue weighted by Gasteiger charge is -2.19. The van der Waals surface area contributed by atoms with Gasteiger partial charge in [0.15, 0.2) is 0 Å². The number of hydrogen-bond acceptors (Lipinski definition) is 3. The summed E-state index contributed by atoms with van der Waals surface area (Å²) in [6.45, 7) is 7.60. The molecule has 0 aliphatic carbocycles. The normalized spacial score (nSPS) is 11.8. The first-order valence-corrected chi connectivity index (χ1v) is 7.00. The van der Waals surface area contributed by atoms with Crippen molar-refractivity contribution in [3.8, 4) is 0 Å². The lowest BCUT2D eigenvalue weighted by atomic mass is 10.2. The molecule has 5 heteroatoms. The van der Waals surface area contributed by atoms with E-state index in [2.05, 4.69) is 27.8 Å². The number of rotatable bonds is 1. The molecular weight excluding hydrogens is 308 g/mol.